The van der Waals surface area contributed by atoms with Crippen LogP contribution in [0, 0.1) is 29.6 Å². The Hall–Kier alpha value is -6.13. The number of amides is 1. The van der Waals surface area contributed by atoms with E-state index in [0.717, 1.165) is 14.2 Å². The normalized spacial score (nSPS) is 20.6. The van der Waals surface area contributed by atoms with Crippen molar-refractivity contribution in [3.05, 3.63) is 29.3 Å². The average Bonchev–Trinajstić information content (AvgIpc) is 1.61. The molecule has 5 N–H and O–H groups in total. The summed E-state index contributed by atoms with van der Waals surface area (Å²) in [5.41, 5.74) is 5.18. The second-order valence-corrected chi connectivity index (χ2v) is 27.4. The molecule has 0 saturated carbocycles. The summed E-state index contributed by atoms with van der Waals surface area (Å²) >= 11 is 0. The van der Waals surface area contributed by atoms with E-state index >= 15 is 0 Å². The second-order valence-electron chi connectivity index (χ2n) is 23.8. The van der Waals surface area contributed by atoms with E-state index in [1.54, 1.807) is 73.8 Å². The maximum absolute atomic E-state index is 13.7. The largest absolute Gasteiger partial charge is 0.474 e. The quantitative estimate of drug-likeness (QED) is 0.0212. The Labute approximate surface area is 578 Å². The molecule has 2 unspecified atom stereocenters. The highest BCUT2D eigenvalue weighted by molar-refractivity contribution is 7.48. The Balaban J connectivity index is 0.872. The number of carbonyl (C=O) groups excluding carboxylic acids is 5. The number of phosphoric acid groups is 2. The van der Waals surface area contributed by atoms with Gasteiger partial charge in [0.15, 0.2) is 59.5 Å². The van der Waals surface area contributed by atoms with Crippen LogP contribution in [0.1, 0.15) is 81.7 Å². The number of carbonyl (C=O) groups is 5. The molecule has 0 bridgehead atoms. The zero-order chi connectivity index (χ0) is 72.9. The zero-order valence-corrected chi connectivity index (χ0v) is 60.3. The Bertz CT molecular complexity index is 3360. The molecular formula is C60H97N11O27P2. The number of H-pyrrole nitrogens is 1. The summed E-state index contributed by atoms with van der Waals surface area (Å²) in [5.74, 6) is -5.70. The highest BCUT2D eigenvalue weighted by Crippen LogP contribution is 2.51. The number of hydrogen-bond donors (Lipinski definition) is 4. The van der Waals surface area contributed by atoms with Gasteiger partial charge in [-0.05, 0) is 0 Å². The fourth-order valence-electron chi connectivity index (χ4n) is 9.07. The number of nitrogens with zero attached hydrogens (tertiary/aromatic N) is 7. The Morgan fingerprint density at radius 1 is 0.510 bits per heavy atom. The number of anilines is 2. The van der Waals surface area contributed by atoms with Gasteiger partial charge in [-0.25, -0.2) is 29.1 Å². The van der Waals surface area contributed by atoms with Gasteiger partial charge >= 0.3 is 39.5 Å². The van der Waals surface area contributed by atoms with Crippen LogP contribution in [-0.2, 0) is 122 Å². The topological polar surface area (TPSA) is 452 Å². The first-order chi connectivity index (χ1) is 47.8. The number of ether oxygens (including phenoxy) is 13. The van der Waals surface area contributed by atoms with Gasteiger partial charge < -0.3 is 72.6 Å². The van der Waals surface area contributed by atoms with Gasteiger partial charge in [-0.2, -0.15) is 4.98 Å². The molecule has 6 rings (SSSR count). The van der Waals surface area contributed by atoms with E-state index in [1.165, 1.54) is 23.5 Å². The summed E-state index contributed by atoms with van der Waals surface area (Å²) in [4.78, 5) is 103. The predicted molar refractivity (Wildman–Crippen MR) is 350 cm³/mol. The Morgan fingerprint density at radius 2 is 0.900 bits per heavy atom. The molecule has 40 heteroatoms. The maximum atomic E-state index is 13.7. The van der Waals surface area contributed by atoms with Crippen LogP contribution in [0.25, 0.3) is 22.3 Å². The third kappa shape index (κ3) is 25.1. The third-order valence-corrected chi connectivity index (χ3v) is 17.3. The molecule has 4 aromatic heterocycles. The molecule has 0 aromatic carbocycles. The molecule has 564 valence electrons. The summed E-state index contributed by atoms with van der Waals surface area (Å²) in [6, 6.07) is 0. The van der Waals surface area contributed by atoms with Gasteiger partial charge in [0.05, 0.1) is 143 Å². The van der Waals surface area contributed by atoms with Crippen LogP contribution in [0.3, 0.4) is 0 Å². The molecule has 4 aromatic rings. The van der Waals surface area contributed by atoms with E-state index in [2.05, 4.69) is 40.5 Å². The van der Waals surface area contributed by atoms with Gasteiger partial charge in [-0.15, -0.1) is 0 Å². The van der Waals surface area contributed by atoms with Crippen molar-refractivity contribution >= 4 is 79.5 Å². The number of aromatic nitrogens is 8. The van der Waals surface area contributed by atoms with Gasteiger partial charge in [0.1, 0.15) is 36.7 Å². The number of rotatable bonds is 49. The van der Waals surface area contributed by atoms with Crippen molar-refractivity contribution < 1.29 is 122 Å². The Kier molecular flexibility index (Phi) is 34.7. The van der Waals surface area contributed by atoms with E-state index in [0.29, 0.717) is 50.9 Å². The lowest BCUT2D eigenvalue weighted by Gasteiger charge is -2.26. The van der Waals surface area contributed by atoms with Crippen LogP contribution in [0.4, 0.5) is 11.8 Å². The van der Waals surface area contributed by atoms with E-state index < -0.39 is 143 Å². The fraction of sp³-hybridized carbons (Fsp3) is 0.750. The molecule has 100 heavy (non-hydrogen) atoms. The molecule has 0 radical (unpaired) electrons. The third-order valence-electron chi connectivity index (χ3n) is 14.4. The summed E-state index contributed by atoms with van der Waals surface area (Å²) in [6.07, 6.45) is -6.36. The second kappa shape index (κ2) is 41.8. The molecule has 1 amide bonds. The molecule has 2 fully saturated rings. The highest BCUT2D eigenvalue weighted by Gasteiger charge is 2.54. The van der Waals surface area contributed by atoms with Crippen LogP contribution in [0.5, 0.6) is 0 Å². The van der Waals surface area contributed by atoms with Crippen molar-refractivity contribution in [3.8, 4) is 0 Å². The average molecular weight is 1470 g/mol. The number of phosphoric ester groups is 2. The first-order valence-corrected chi connectivity index (χ1v) is 35.7. The maximum Gasteiger partial charge on any atom is 0.474 e. The molecule has 2 aliphatic heterocycles. The number of esters is 4. The minimum Gasteiger partial charge on any atom is -0.455 e. The van der Waals surface area contributed by atoms with Crippen molar-refractivity contribution in [2.45, 2.75) is 118 Å². The van der Waals surface area contributed by atoms with Crippen LogP contribution in [0.2, 0.25) is 0 Å². The molecule has 0 spiro atoms. The molecular weight excluding hydrogens is 1370 g/mol. The van der Waals surface area contributed by atoms with Crippen molar-refractivity contribution in [2.24, 2.45) is 35.3 Å². The Morgan fingerprint density at radius 3 is 1.31 bits per heavy atom. The first-order valence-electron chi connectivity index (χ1n) is 32.8. The van der Waals surface area contributed by atoms with Gasteiger partial charge in [-0.1, -0.05) is 69.2 Å². The number of aromatic amines is 1. The lowest BCUT2D eigenvalue weighted by Crippen LogP contribution is -2.42. The predicted octanol–water partition coefficient (Wildman–Crippen LogP) is 3.68. The number of nitrogens with two attached hydrogens (primary N) is 1. The molecule has 10 atom stereocenters. The molecule has 6 heterocycles. The number of imidazole rings is 2. The smallest absolute Gasteiger partial charge is 0.455 e. The molecule has 2 saturated heterocycles. The van der Waals surface area contributed by atoms with Gasteiger partial charge in [0.2, 0.25) is 11.9 Å². The summed E-state index contributed by atoms with van der Waals surface area (Å²) < 4.78 is 138. The van der Waals surface area contributed by atoms with Gasteiger partial charge in [-0.3, -0.25) is 75.3 Å². The highest BCUT2D eigenvalue weighted by atomic mass is 31.2. The van der Waals surface area contributed by atoms with Crippen LogP contribution < -0.4 is 21.9 Å². The first kappa shape index (κ1) is 82.8. The SMILES string of the molecule is COP(=O)(OCCOCCOCCOCCOCCOCCOP(=O)(OC)OC[C@H]1O[C@@H](n2cnc3nc(NC(=O)C(C)C)[nH]c(=O)c32)[C@H](OC(=O)C(C)C)[C@@H]1OC(=O)C(C)C)OC[C@H]1O[C@@H](n2cnc3ncnc(NCCOCCOCCN)c32)[C@H](OC(=O)C(C)C)[C@@H]1OC(=O)C(C)C. The summed E-state index contributed by atoms with van der Waals surface area (Å²) in [5, 5.41) is 5.74. The van der Waals surface area contributed by atoms with Crippen LogP contribution in [-0.4, -0.2) is 252 Å². The number of fused-ring (bicyclic) bond motifs is 2. The van der Waals surface area contributed by atoms with Crippen molar-refractivity contribution in [1.29, 1.82) is 0 Å². The van der Waals surface area contributed by atoms with Gasteiger partial charge in [0, 0.05) is 33.2 Å². The fourth-order valence-corrected chi connectivity index (χ4v) is 10.9. The van der Waals surface area contributed by atoms with Crippen molar-refractivity contribution in [2.75, 3.05) is 157 Å². The van der Waals surface area contributed by atoms with E-state index in [-0.39, 0.29) is 102 Å². The zero-order valence-electron chi connectivity index (χ0n) is 58.5. The monoisotopic (exact) mass is 1470 g/mol. The van der Waals surface area contributed by atoms with E-state index in [9.17, 15) is 37.9 Å². The number of nitrogens with one attached hydrogen (secondary N) is 3. The van der Waals surface area contributed by atoms with Crippen LogP contribution >= 0.6 is 15.6 Å². The van der Waals surface area contributed by atoms with E-state index in [1.807, 2.05) is 0 Å². The lowest BCUT2D eigenvalue weighted by atomic mass is 10.1. The molecule has 2 aliphatic rings. The lowest BCUT2D eigenvalue weighted by molar-refractivity contribution is -0.172. The summed E-state index contributed by atoms with van der Waals surface area (Å²) in [7, 11) is -6.38. The van der Waals surface area contributed by atoms with Crippen molar-refractivity contribution in [1.82, 2.24) is 39.0 Å². The number of hydrogen-bond acceptors (Lipinski definition) is 34. The minimum atomic E-state index is -4.33. The standard InChI is InChI=1S/C60H97N11O27P2/c1-36(2)52(72)68-60-67-51-44(53(73)69-60)71(35-66-51)55-48(98-59(77)40(9)10)46(96-57(75)38(5)6)42(94-55)32-92-100(79,81-12)90-30-28-88-26-24-86-22-20-84-19-21-85-23-25-87-27-29-89-99(78,80-11)91-31-41-45(95-56(74)37(3)4)47(97-58(76)39(7)8)54(93-41)70-34-65-50-43(70)49(63-33-64-50)62-14-16-83-18-17-82-15-13-61/h33-42,45-48,54-55H,13-32,61H2,1-12H3,(H,62,63,64)(H2,67,68,69,72,73)/t41-,42-,45-,46-,47-,48-,54-,55-,99?,100?/m1/s1. The van der Waals surface area contributed by atoms with E-state index in [4.69, 9.17) is 94.5 Å². The molecule has 0 aliphatic carbocycles. The van der Waals surface area contributed by atoms with Crippen LogP contribution in [0.15, 0.2) is 23.8 Å². The van der Waals surface area contributed by atoms with Gasteiger partial charge in [0.25, 0.3) is 5.56 Å². The van der Waals surface area contributed by atoms with Crippen molar-refractivity contribution in [3.63, 3.8) is 0 Å². The molecule has 38 nitrogen and oxygen atoms in total. The minimum absolute atomic E-state index is 0.0274. The summed E-state index contributed by atoms with van der Waals surface area (Å²) in [6.45, 7) is 18.5.